The minimum atomic E-state index is -0.261. The maximum Gasteiger partial charge on any atom is 0.128 e. The number of rotatable bonds is 3. The SMILES string of the molecule is NC1CCCN(Cc2ccc(-c3c(O)ccc4ncc5sccc5c34)cc2F)C1. The number of halogens is 1. The number of hydrogen-bond donors (Lipinski definition) is 2. The van der Waals surface area contributed by atoms with Crippen LogP contribution in [0.15, 0.2) is 48.0 Å². The summed E-state index contributed by atoms with van der Waals surface area (Å²) in [6, 6.07) is 10.9. The summed E-state index contributed by atoms with van der Waals surface area (Å²) >= 11 is 1.60. The molecule has 2 aromatic heterocycles. The zero-order chi connectivity index (χ0) is 20.0. The molecule has 3 heterocycles. The molecule has 0 aliphatic carbocycles. The van der Waals surface area contributed by atoms with Gasteiger partial charge in [-0.2, -0.15) is 0 Å². The third-order valence-corrected chi connectivity index (χ3v) is 6.58. The van der Waals surface area contributed by atoms with Gasteiger partial charge in [0.1, 0.15) is 11.6 Å². The number of pyridine rings is 1. The zero-order valence-electron chi connectivity index (χ0n) is 15.9. The van der Waals surface area contributed by atoms with E-state index in [4.69, 9.17) is 5.73 Å². The van der Waals surface area contributed by atoms with Crippen LogP contribution in [-0.4, -0.2) is 34.1 Å². The van der Waals surface area contributed by atoms with E-state index in [0.717, 1.165) is 46.9 Å². The van der Waals surface area contributed by atoms with Crippen molar-refractivity contribution >= 4 is 32.3 Å². The highest BCUT2D eigenvalue weighted by atomic mass is 32.1. The predicted octanol–water partition coefficient (Wildman–Crippen LogP) is 4.88. The van der Waals surface area contributed by atoms with E-state index in [1.807, 2.05) is 29.8 Å². The van der Waals surface area contributed by atoms with Gasteiger partial charge in [-0.3, -0.25) is 9.88 Å². The third kappa shape index (κ3) is 3.37. The molecule has 0 saturated carbocycles. The number of fused-ring (bicyclic) bond motifs is 3. The summed E-state index contributed by atoms with van der Waals surface area (Å²) in [6.45, 7) is 2.30. The molecule has 148 valence electrons. The summed E-state index contributed by atoms with van der Waals surface area (Å²) in [4.78, 5) is 6.73. The van der Waals surface area contributed by atoms with Crippen LogP contribution in [0.5, 0.6) is 5.75 Å². The van der Waals surface area contributed by atoms with E-state index in [9.17, 15) is 5.11 Å². The monoisotopic (exact) mass is 407 g/mol. The van der Waals surface area contributed by atoms with Gasteiger partial charge in [-0.1, -0.05) is 12.1 Å². The van der Waals surface area contributed by atoms with Crippen LogP contribution in [-0.2, 0) is 6.54 Å². The lowest BCUT2D eigenvalue weighted by Crippen LogP contribution is -2.42. The van der Waals surface area contributed by atoms with Crippen molar-refractivity contribution in [2.45, 2.75) is 25.4 Å². The Balaban J connectivity index is 1.58. The molecule has 1 saturated heterocycles. The molecule has 0 bridgehead atoms. The van der Waals surface area contributed by atoms with E-state index in [1.165, 1.54) is 6.07 Å². The average Bonchev–Trinajstić information content (AvgIpc) is 3.19. The van der Waals surface area contributed by atoms with Crippen LogP contribution < -0.4 is 5.73 Å². The second kappa shape index (κ2) is 7.37. The molecular formula is C23H22FN3OS. The molecule has 4 aromatic rings. The minimum absolute atomic E-state index is 0.132. The van der Waals surface area contributed by atoms with Crippen LogP contribution in [0.2, 0.25) is 0 Å². The Hall–Kier alpha value is -2.54. The van der Waals surface area contributed by atoms with Gasteiger partial charge in [-0.25, -0.2) is 4.39 Å². The van der Waals surface area contributed by atoms with Gasteiger partial charge in [-0.05, 0) is 54.6 Å². The van der Waals surface area contributed by atoms with Crippen LogP contribution in [0.4, 0.5) is 4.39 Å². The fourth-order valence-electron chi connectivity index (χ4n) is 4.32. The zero-order valence-corrected chi connectivity index (χ0v) is 16.8. The summed E-state index contributed by atoms with van der Waals surface area (Å²) in [6.07, 6.45) is 3.92. The fourth-order valence-corrected chi connectivity index (χ4v) is 5.08. The van der Waals surface area contributed by atoms with E-state index >= 15 is 4.39 Å². The molecule has 29 heavy (non-hydrogen) atoms. The summed E-state index contributed by atoms with van der Waals surface area (Å²) in [7, 11) is 0. The molecule has 0 amide bonds. The summed E-state index contributed by atoms with van der Waals surface area (Å²) in [5.74, 6) is -0.129. The highest BCUT2D eigenvalue weighted by Gasteiger charge is 2.19. The van der Waals surface area contributed by atoms with E-state index in [2.05, 4.69) is 9.88 Å². The van der Waals surface area contributed by atoms with Gasteiger partial charge in [0.05, 0.1) is 10.2 Å². The van der Waals surface area contributed by atoms with Crippen LogP contribution in [0.3, 0.4) is 0 Å². The molecule has 1 atom stereocenters. The van der Waals surface area contributed by atoms with E-state index in [0.29, 0.717) is 23.2 Å². The normalized spacial score (nSPS) is 17.9. The molecule has 1 unspecified atom stereocenters. The topological polar surface area (TPSA) is 62.4 Å². The van der Waals surface area contributed by atoms with Gasteiger partial charge in [0.15, 0.2) is 0 Å². The number of thiophene rings is 1. The van der Waals surface area contributed by atoms with E-state index in [-0.39, 0.29) is 17.6 Å². The standard InChI is InChI=1S/C23H22FN3OS/c24-18-10-14(3-4-15(18)12-27-8-1-2-16(25)13-27)22-20(28)6-5-19-23(22)17-7-9-29-21(17)11-26-19/h3-7,9-11,16,28H,1-2,8,12-13,25H2. The maximum absolute atomic E-state index is 15.0. The molecule has 3 N–H and O–H groups in total. The van der Waals surface area contributed by atoms with Crippen LogP contribution in [0.25, 0.3) is 32.1 Å². The lowest BCUT2D eigenvalue weighted by atomic mass is 9.96. The number of nitrogens with two attached hydrogens (primary N) is 1. The molecular weight excluding hydrogens is 385 g/mol. The van der Waals surface area contributed by atoms with Gasteiger partial charge in [0.25, 0.3) is 0 Å². The Morgan fingerprint density at radius 2 is 2.14 bits per heavy atom. The molecule has 6 heteroatoms. The first-order valence-corrected chi connectivity index (χ1v) is 10.7. The van der Waals surface area contributed by atoms with Crippen molar-refractivity contribution in [3.8, 4) is 16.9 Å². The van der Waals surface area contributed by atoms with E-state index in [1.54, 1.807) is 23.5 Å². The van der Waals surface area contributed by atoms with Crippen molar-refractivity contribution in [1.29, 1.82) is 0 Å². The van der Waals surface area contributed by atoms with Crippen molar-refractivity contribution in [2.75, 3.05) is 13.1 Å². The van der Waals surface area contributed by atoms with Gasteiger partial charge < -0.3 is 10.8 Å². The molecule has 0 spiro atoms. The van der Waals surface area contributed by atoms with Crippen LogP contribution in [0.1, 0.15) is 18.4 Å². The number of aromatic nitrogens is 1. The number of phenolic OH excluding ortho intramolecular Hbond substituents is 1. The number of hydrogen-bond acceptors (Lipinski definition) is 5. The van der Waals surface area contributed by atoms with Crippen LogP contribution >= 0.6 is 11.3 Å². The van der Waals surface area contributed by atoms with Crippen LogP contribution in [0, 0.1) is 5.82 Å². The van der Waals surface area contributed by atoms with Crippen molar-refractivity contribution in [2.24, 2.45) is 5.73 Å². The minimum Gasteiger partial charge on any atom is -0.507 e. The number of benzene rings is 2. The first-order chi connectivity index (χ1) is 14.1. The van der Waals surface area contributed by atoms with Gasteiger partial charge >= 0.3 is 0 Å². The number of aromatic hydroxyl groups is 1. The smallest absolute Gasteiger partial charge is 0.128 e. The maximum atomic E-state index is 15.0. The first kappa shape index (κ1) is 18.5. The number of phenols is 1. The summed E-state index contributed by atoms with van der Waals surface area (Å²) in [5.41, 5.74) is 8.78. The van der Waals surface area contributed by atoms with Gasteiger partial charge in [-0.15, -0.1) is 11.3 Å². The Kier molecular flexibility index (Phi) is 4.70. The Morgan fingerprint density at radius 3 is 2.97 bits per heavy atom. The lowest BCUT2D eigenvalue weighted by molar-refractivity contribution is 0.199. The summed E-state index contributed by atoms with van der Waals surface area (Å²) < 4.78 is 16.1. The predicted molar refractivity (Wildman–Crippen MR) is 117 cm³/mol. The Morgan fingerprint density at radius 1 is 1.24 bits per heavy atom. The Labute approximate surface area is 172 Å². The molecule has 5 rings (SSSR count). The number of likely N-dealkylation sites (tertiary alicyclic amines) is 1. The third-order valence-electron chi connectivity index (χ3n) is 5.72. The first-order valence-electron chi connectivity index (χ1n) is 9.85. The highest BCUT2D eigenvalue weighted by molar-refractivity contribution is 7.17. The van der Waals surface area contributed by atoms with E-state index < -0.39 is 0 Å². The lowest BCUT2D eigenvalue weighted by Gasteiger charge is -2.30. The molecule has 4 nitrogen and oxygen atoms in total. The average molecular weight is 408 g/mol. The number of piperidine rings is 1. The van der Waals surface area contributed by atoms with Crippen molar-refractivity contribution in [3.63, 3.8) is 0 Å². The quantitative estimate of drug-likeness (QED) is 0.508. The molecule has 1 aliphatic heterocycles. The van der Waals surface area contributed by atoms with Crippen molar-refractivity contribution < 1.29 is 9.50 Å². The second-order valence-electron chi connectivity index (χ2n) is 7.75. The molecule has 2 aromatic carbocycles. The number of nitrogens with zero attached hydrogens (tertiary/aromatic N) is 2. The van der Waals surface area contributed by atoms with Gasteiger partial charge in [0.2, 0.25) is 0 Å². The Bertz CT molecular complexity index is 1210. The highest BCUT2D eigenvalue weighted by Crippen LogP contribution is 2.40. The second-order valence-corrected chi connectivity index (χ2v) is 8.70. The van der Waals surface area contributed by atoms with Gasteiger partial charge in [0, 0.05) is 47.2 Å². The molecule has 0 radical (unpaired) electrons. The van der Waals surface area contributed by atoms with Crippen molar-refractivity contribution in [3.05, 3.63) is 59.4 Å². The molecule has 1 fully saturated rings. The summed E-state index contributed by atoms with van der Waals surface area (Å²) in [5, 5.41) is 14.5. The van der Waals surface area contributed by atoms with Crippen molar-refractivity contribution in [1.82, 2.24) is 9.88 Å². The molecule has 1 aliphatic rings. The fraction of sp³-hybridized carbons (Fsp3) is 0.261. The largest absolute Gasteiger partial charge is 0.507 e.